The highest BCUT2D eigenvalue weighted by Gasteiger charge is 2.21. The van der Waals surface area contributed by atoms with E-state index in [0.717, 1.165) is 6.42 Å². The number of nitrogens with zero attached hydrogens (tertiary/aromatic N) is 1. The van der Waals surface area contributed by atoms with Gasteiger partial charge in [0, 0.05) is 24.3 Å². The van der Waals surface area contributed by atoms with Gasteiger partial charge in [0.25, 0.3) is 5.91 Å². The van der Waals surface area contributed by atoms with E-state index < -0.39 is 10.0 Å². The van der Waals surface area contributed by atoms with Gasteiger partial charge in [0.15, 0.2) is 0 Å². The number of benzene rings is 2. The molecular formula is C20H26N2O4S. The molecule has 2 aromatic carbocycles. The summed E-state index contributed by atoms with van der Waals surface area (Å²) >= 11 is 0. The van der Waals surface area contributed by atoms with Gasteiger partial charge in [-0.15, -0.1) is 0 Å². The second kappa shape index (κ2) is 9.53. The van der Waals surface area contributed by atoms with Crippen LogP contribution in [-0.4, -0.2) is 38.3 Å². The molecule has 1 N–H and O–H groups in total. The Morgan fingerprint density at radius 2 is 1.70 bits per heavy atom. The van der Waals surface area contributed by atoms with Crippen molar-refractivity contribution < 1.29 is 17.9 Å². The first kappa shape index (κ1) is 20.9. The highest BCUT2D eigenvalue weighted by atomic mass is 32.2. The van der Waals surface area contributed by atoms with Crippen molar-refractivity contribution in [3.63, 3.8) is 0 Å². The van der Waals surface area contributed by atoms with Crippen LogP contribution >= 0.6 is 0 Å². The van der Waals surface area contributed by atoms with Gasteiger partial charge in [-0.25, -0.2) is 8.42 Å². The van der Waals surface area contributed by atoms with Gasteiger partial charge in [-0.3, -0.25) is 4.79 Å². The van der Waals surface area contributed by atoms with Crippen LogP contribution in [0.2, 0.25) is 0 Å². The summed E-state index contributed by atoms with van der Waals surface area (Å²) in [6.45, 7) is 7.03. The van der Waals surface area contributed by atoms with Crippen molar-refractivity contribution in [1.82, 2.24) is 4.31 Å². The van der Waals surface area contributed by atoms with Crippen molar-refractivity contribution in [2.45, 2.75) is 32.1 Å². The van der Waals surface area contributed by atoms with Gasteiger partial charge in [0.05, 0.1) is 11.5 Å². The smallest absolute Gasteiger partial charge is 0.255 e. The second-order valence-corrected chi connectivity index (χ2v) is 7.88. The number of hydrogen-bond acceptors (Lipinski definition) is 4. The van der Waals surface area contributed by atoms with Crippen LogP contribution in [0.25, 0.3) is 0 Å². The van der Waals surface area contributed by atoms with Crippen LogP contribution in [-0.2, 0) is 10.0 Å². The summed E-state index contributed by atoms with van der Waals surface area (Å²) in [5.74, 6) is 0.362. The van der Waals surface area contributed by atoms with E-state index in [0.29, 0.717) is 36.7 Å². The minimum absolute atomic E-state index is 0.208. The number of carbonyl (C=O) groups is 1. The zero-order valence-electron chi connectivity index (χ0n) is 15.9. The monoisotopic (exact) mass is 390 g/mol. The fourth-order valence-corrected chi connectivity index (χ4v) is 4.03. The molecule has 1 amide bonds. The average Bonchev–Trinajstić information content (AvgIpc) is 2.67. The number of amides is 1. The van der Waals surface area contributed by atoms with Gasteiger partial charge in [-0.1, -0.05) is 26.8 Å². The summed E-state index contributed by atoms with van der Waals surface area (Å²) in [5.41, 5.74) is 1.00. The molecule has 0 radical (unpaired) electrons. The molecule has 0 saturated carbocycles. The number of carbonyl (C=O) groups excluding carboxylic acids is 1. The Bertz CT molecular complexity index is 860. The molecule has 0 saturated heterocycles. The molecule has 0 aromatic heterocycles. The zero-order chi connectivity index (χ0) is 19.9. The van der Waals surface area contributed by atoms with E-state index in [1.165, 1.54) is 16.4 Å². The Hall–Kier alpha value is -2.38. The molecule has 0 fully saturated rings. The van der Waals surface area contributed by atoms with E-state index in [9.17, 15) is 13.2 Å². The predicted molar refractivity (Wildman–Crippen MR) is 107 cm³/mol. The lowest BCUT2D eigenvalue weighted by Gasteiger charge is -2.18. The zero-order valence-corrected chi connectivity index (χ0v) is 16.8. The maximum absolute atomic E-state index is 12.5. The molecule has 0 unspecified atom stereocenters. The quantitative estimate of drug-likeness (QED) is 0.707. The molecule has 27 heavy (non-hydrogen) atoms. The third-order valence-corrected chi connectivity index (χ3v) is 6.09. The predicted octanol–water partition coefficient (Wildman–Crippen LogP) is 3.76. The van der Waals surface area contributed by atoms with Gasteiger partial charge >= 0.3 is 0 Å². The molecule has 6 nitrogen and oxygen atoms in total. The first-order valence-corrected chi connectivity index (χ1v) is 10.5. The van der Waals surface area contributed by atoms with E-state index in [1.54, 1.807) is 50.2 Å². The molecule has 7 heteroatoms. The lowest BCUT2D eigenvalue weighted by Crippen LogP contribution is -2.30. The maximum atomic E-state index is 12.5. The number of rotatable bonds is 9. The van der Waals surface area contributed by atoms with Crippen LogP contribution in [0.4, 0.5) is 5.69 Å². The van der Waals surface area contributed by atoms with Crippen molar-refractivity contribution in [3.05, 3.63) is 54.1 Å². The SMILES string of the molecule is CCCOc1cccc(C(=O)Nc2ccc(S(=O)(=O)N(CC)CC)cc2)c1. The minimum Gasteiger partial charge on any atom is -0.494 e. The largest absolute Gasteiger partial charge is 0.494 e. The van der Waals surface area contributed by atoms with Crippen molar-refractivity contribution in [1.29, 1.82) is 0 Å². The molecule has 2 aromatic rings. The van der Waals surface area contributed by atoms with E-state index in [1.807, 2.05) is 6.92 Å². The van der Waals surface area contributed by atoms with Gasteiger partial charge in [-0.05, 0) is 48.9 Å². The Kier molecular flexibility index (Phi) is 7.38. The fraction of sp³-hybridized carbons (Fsp3) is 0.350. The Morgan fingerprint density at radius 3 is 2.30 bits per heavy atom. The summed E-state index contributed by atoms with van der Waals surface area (Å²) in [6.07, 6.45) is 0.888. The standard InChI is InChI=1S/C20H26N2O4S/c1-4-14-26-18-9-7-8-16(15-18)20(23)21-17-10-12-19(13-11-17)27(24,25)22(5-2)6-3/h7-13,15H,4-6,14H2,1-3H3,(H,21,23). The number of anilines is 1. The molecule has 2 rings (SSSR count). The average molecular weight is 391 g/mol. The van der Waals surface area contributed by atoms with Crippen molar-refractivity contribution in [2.24, 2.45) is 0 Å². The van der Waals surface area contributed by atoms with E-state index in [2.05, 4.69) is 5.32 Å². The first-order valence-electron chi connectivity index (χ1n) is 9.06. The third-order valence-electron chi connectivity index (χ3n) is 4.02. The number of sulfonamides is 1. The highest BCUT2D eigenvalue weighted by Crippen LogP contribution is 2.20. The number of nitrogens with one attached hydrogen (secondary N) is 1. The molecule has 0 aliphatic rings. The Labute approximate surface area is 161 Å². The summed E-state index contributed by atoms with van der Waals surface area (Å²) in [5, 5.41) is 2.77. The molecule has 0 aliphatic heterocycles. The van der Waals surface area contributed by atoms with Crippen LogP contribution in [0, 0.1) is 0 Å². The Balaban J connectivity index is 2.11. The minimum atomic E-state index is -3.51. The van der Waals surface area contributed by atoms with Crippen LogP contribution in [0.15, 0.2) is 53.4 Å². The summed E-state index contributed by atoms with van der Waals surface area (Å²) in [6, 6.07) is 13.1. The van der Waals surface area contributed by atoms with E-state index in [4.69, 9.17) is 4.74 Å². The molecular weight excluding hydrogens is 364 g/mol. The van der Waals surface area contributed by atoms with Crippen LogP contribution in [0.1, 0.15) is 37.6 Å². The molecule has 0 aliphatic carbocycles. The Morgan fingerprint density at radius 1 is 1.04 bits per heavy atom. The lowest BCUT2D eigenvalue weighted by molar-refractivity contribution is 0.102. The molecule has 146 valence electrons. The fourth-order valence-electron chi connectivity index (χ4n) is 2.57. The lowest BCUT2D eigenvalue weighted by atomic mass is 10.2. The van der Waals surface area contributed by atoms with Crippen LogP contribution in [0.5, 0.6) is 5.75 Å². The molecule has 0 bridgehead atoms. The van der Waals surface area contributed by atoms with E-state index >= 15 is 0 Å². The van der Waals surface area contributed by atoms with Gasteiger partial charge in [-0.2, -0.15) is 4.31 Å². The van der Waals surface area contributed by atoms with Crippen molar-refractivity contribution >= 4 is 21.6 Å². The summed E-state index contributed by atoms with van der Waals surface area (Å²) < 4.78 is 31.9. The maximum Gasteiger partial charge on any atom is 0.255 e. The molecule has 0 heterocycles. The van der Waals surface area contributed by atoms with Gasteiger partial charge < -0.3 is 10.1 Å². The summed E-state index contributed by atoms with van der Waals surface area (Å²) in [4.78, 5) is 12.6. The molecule has 0 spiro atoms. The first-order chi connectivity index (χ1) is 12.9. The van der Waals surface area contributed by atoms with E-state index in [-0.39, 0.29) is 10.8 Å². The molecule has 0 atom stereocenters. The summed E-state index contributed by atoms with van der Waals surface area (Å²) in [7, 11) is -3.51. The van der Waals surface area contributed by atoms with Crippen LogP contribution < -0.4 is 10.1 Å². The van der Waals surface area contributed by atoms with Crippen molar-refractivity contribution in [3.8, 4) is 5.75 Å². The highest BCUT2D eigenvalue weighted by molar-refractivity contribution is 7.89. The van der Waals surface area contributed by atoms with Gasteiger partial charge in [0.1, 0.15) is 5.75 Å². The third kappa shape index (κ3) is 5.30. The topological polar surface area (TPSA) is 75.7 Å². The van der Waals surface area contributed by atoms with Crippen LogP contribution in [0.3, 0.4) is 0 Å². The second-order valence-electron chi connectivity index (χ2n) is 5.94. The van der Waals surface area contributed by atoms with Gasteiger partial charge in [0.2, 0.25) is 10.0 Å². The van der Waals surface area contributed by atoms with Crippen molar-refractivity contribution in [2.75, 3.05) is 25.0 Å². The number of hydrogen-bond donors (Lipinski definition) is 1. The normalized spacial score (nSPS) is 11.4. The number of ether oxygens (including phenoxy) is 1.